The summed E-state index contributed by atoms with van der Waals surface area (Å²) in [5.74, 6) is 0.0445. The van der Waals surface area contributed by atoms with Crippen LogP contribution in [0.15, 0.2) is 0 Å². The van der Waals surface area contributed by atoms with Crippen molar-refractivity contribution >= 4 is 5.91 Å². The van der Waals surface area contributed by atoms with E-state index < -0.39 is 0 Å². The molecule has 1 saturated heterocycles. The van der Waals surface area contributed by atoms with Crippen molar-refractivity contribution in [3.05, 3.63) is 0 Å². The molecule has 1 heterocycles. The van der Waals surface area contributed by atoms with Crippen LogP contribution >= 0.6 is 0 Å². The number of carbonyl (C=O) groups is 1. The summed E-state index contributed by atoms with van der Waals surface area (Å²) in [5, 5.41) is 2.68. The standard InChI is InChI=1S/C10H19NO2/c1-9(2)6-7(8(12)11-5)10(3,4)13-9/h7H,6H2,1-5H3,(H,11,12). The first-order valence-electron chi connectivity index (χ1n) is 4.70. The highest BCUT2D eigenvalue weighted by atomic mass is 16.5. The molecule has 0 aromatic carbocycles. The molecule has 1 aliphatic rings. The first-order valence-corrected chi connectivity index (χ1v) is 4.70. The summed E-state index contributed by atoms with van der Waals surface area (Å²) >= 11 is 0. The van der Waals surface area contributed by atoms with Gasteiger partial charge in [0.05, 0.1) is 17.1 Å². The molecule has 0 aromatic rings. The maximum absolute atomic E-state index is 11.5. The summed E-state index contributed by atoms with van der Waals surface area (Å²) in [6.07, 6.45) is 0.791. The molecule has 1 amide bonds. The van der Waals surface area contributed by atoms with Gasteiger partial charge in [0.25, 0.3) is 0 Å². The molecule has 0 spiro atoms. The highest BCUT2D eigenvalue weighted by molar-refractivity contribution is 5.80. The Morgan fingerprint density at radius 2 is 1.92 bits per heavy atom. The van der Waals surface area contributed by atoms with Gasteiger partial charge in [-0.15, -0.1) is 0 Å². The normalized spacial score (nSPS) is 30.1. The van der Waals surface area contributed by atoms with E-state index in [0.29, 0.717) is 0 Å². The lowest BCUT2D eigenvalue weighted by atomic mass is 9.87. The van der Waals surface area contributed by atoms with E-state index >= 15 is 0 Å². The average molecular weight is 185 g/mol. The molecular weight excluding hydrogens is 166 g/mol. The Bertz CT molecular complexity index is 221. The summed E-state index contributed by atoms with van der Waals surface area (Å²) in [4.78, 5) is 11.5. The van der Waals surface area contributed by atoms with E-state index in [1.165, 1.54) is 0 Å². The molecule has 76 valence electrons. The average Bonchev–Trinajstić information content (AvgIpc) is 2.17. The lowest BCUT2D eigenvalue weighted by Crippen LogP contribution is -2.38. The Hall–Kier alpha value is -0.570. The third kappa shape index (κ3) is 2.02. The van der Waals surface area contributed by atoms with Gasteiger partial charge in [0, 0.05) is 7.05 Å². The van der Waals surface area contributed by atoms with Gasteiger partial charge in [-0.2, -0.15) is 0 Å². The first-order chi connectivity index (χ1) is 5.78. The molecule has 1 atom stereocenters. The molecule has 3 nitrogen and oxygen atoms in total. The zero-order valence-electron chi connectivity index (χ0n) is 9.10. The summed E-state index contributed by atoms with van der Waals surface area (Å²) in [6.45, 7) is 8.00. The molecule has 3 heteroatoms. The van der Waals surface area contributed by atoms with E-state index in [1.807, 2.05) is 27.7 Å². The van der Waals surface area contributed by atoms with Crippen LogP contribution in [-0.4, -0.2) is 24.2 Å². The van der Waals surface area contributed by atoms with Crippen LogP contribution in [0.25, 0.3) is 0 Å². The third-order valence-electron chi connectivity index (χ3n) is 2.64. The number of rotatable bonds is 1. The molecule has 1 rings (SSSR count). The van der Waals surface area contributed by atoms with Gasteiger partial charge in [-0.05, 0) is 34.1 Å². The zero-order chi connectivity index (χ0) is 10.3. The molecule has 0 aromatic heterocycles. The highest BCUT2D eigenvalue weighted by Crippen LogP contribution is 2.41. The van der Waals surface area contributed by atoms with Crippen molar-refractivity contribution in [2.24, 2.45) is 5.92 Å². The van der Waals surface area contributed by atoms with E-state index in [2.05, 4.69) is 5.32 Å². The predicted molar refractivity (Wildman–Crippen MR) is 51.4 cm³/mol. The van der Waals surface area contributed by atoms with Crippen molar-refractivity contribution < 1.29 is 9.53 Å². The van der Waals surface area contributed by atoms with E-state index in [4.69, 9.17) is 4.74 Å². The van der Waals surface area contributed by atoms with Gasteiger partial charge in [0.1, 0.15) is 0 Å². The van der Waals surface area contributed by atoms with Gasteiger partial charge in [0.2, 0.25) is 5.91 Å². The Morgan fingerprint density at radius 1 is 1.38 bits per heavy atom. The van der Waals surface area contributed by atoms with Crippen molar-refractivity contribution in [1.29, 1.82) is 0 Å². The number of ether oxygens (including phenoxy) is 1. The van der Waals surface area contributed by atoms with Crippen molar-refractivity contribution in [1.82, 2.24) is 5.32 Å². The Kier molecular flexibility index (Phi) is 2.41. The van der Waals surface area contributed by atoms with Crippen LogP contribution < -0.4 is 5.32 Å². The van der Waals surface area contributed by atoms with Crippen molar-refractivity contribution in [2.45, 2.75) is 45.3 Å². The number of carbonyl (C=O) groups excluding carboxylic acids is 1. The second kappa shape index (κ2) is 2.98. The monoisotopic (exact) mass is 185 g/mol. The van der Waals surface area contributed by atoms with Crippen molar-refractivity contribution in [3.8, 4) is 0 Å². The van der Waals surface area contributed by atoms with Crippen LogP contribution in [0.5, 0.6) is 0 Å². The summed E-state index contributed by atoms with van der Waals surface area (Å²) in [6, 6.07) is 0. The number of hydrogen-bond donors (Lipinski definition) is 1. The van der Waals surface area contributed by atoms with E-state index in [1.54, 1.807) is 7.05 Å². The fourth-order valence-corrected chi connectivity index (χ4v) is 2.14. The smallest absolute Gasteiger partial charge is 0.225 e. The second-order valence-electron chi connectivity index (χ2n) is 4.84. The number of amides is 1. The van der Waals surface area contributed by atoms with E-state index in [-0.39, 0.29) is 23.0 Å². The fraction of sp³-hybridized carbons (Fsp3) is 0.900. The maximum atomic E-state index is 11.5. The quantitative estimate of drug-likeness (QED) is 0.669. The molecule has 1 unspecified atom stereocenters. The van der Waals surface area contributed by atoms with Crippen LogP contribution in [0.3, 0.4) is 0 Å². The molecule has 1 N–H and O–H groups in total. The molecule has 13 heavy (non-hydrogen) atoms. The maximum Gasteiger partial charge on any atom is 0.225 e. The Morgan fingerprint density at radius 3 is 2.23 bits per heavy atom. The molecule has 1 fully saturated rings. The van der Waals surface area contributed by atoms with Gasteiger partial charge < -0.3 is 10.1 Å². The van der Waals surface area contributed by atoms with Crippen molar-refractivity contribution in [3.63, 3.8) is 0 Å². The van der Waals surface area contributed by atoms with Gasteiger partial charge in [-0.1, -0.05) is 0 Å². The van der Waals surface area contributed by atoms with Gasteiger partial charge in [0.15, 0.2) is 0 Å². The predicted octanol–water partition coefficient (Wildman–Crippen LogP) is 1.33. The second-order valence-corrected chi connectivity index (χ2v) is 4.84. The lowest BCUT2D eigenvalue weighted by molar-refractivity contribution is -0.131. The van der Waals surface area contributed by atoms with Crippen LogP contribution in [0.2, 0.25) is 0 Å². The third-order valence-corrected chi connectivity index (χ3v) is 2.64. The molecule has 1 aliphatic heterocycles. The zero-order valence-corrected chi connectivity index (χ0v) is 9.10. The fourth-order valence-electron chi connectivity index (χ4n) is 2.14. The van der Waals surface area contributed by atoms with Crippen LogP contribution in [0, 0.1) is 5.92 Å². The van der Waals surface area contributed by atoms with Crippen molar-refractivity contribution in [2.75, 3.05) is 7.05 Å². The molecule has 0 bridgehead atoms. The van der Waals surface area contributed by atoms with E-state index in [9.17, 15) is 4.79 Å². The van der Waals surface area contributed by atoms with Crippen LogP contribution in [-0.2, 0) is 9.53 Å². The van der Waals surface area contributed by atoms with E-state index in [0.717, 1.165) is 6.42 Å². The van der Waals surface area contributed by atoms with Gasteiger partial charge in [-0.25, -0.2) is 0 Å². The highest BCUT2D eigenvalue weighted by Gasteiger charge is 2.48. The largest absolute Gasteiger partial charge is 0.369 e. The topological polar surface area (TPSA) is 38.3 Å². The summed E-state index contributed by atoms with van der Waals surface area (Å²) < 4.78 is 5.81. The minimum Gasteiger partial charge on any atom is -0.369 e. The molecule has 0 radical (unpaired) electrons. The molecular formula is C10H19NO2. The minimum atomic E-state index is -0.344. The summed E-state index contributed by atoms with van der Waals surface area (Å²) in [7, 11) is 1.67. The first kappa shape index (κ1) is 10.5. The molecule has 0 aliphatic carbocycles. The Balaban J connectivity index is 2.82. The van der Waals surface area contributed by atoms with Gasteiger partial charge >= 0.3 is 0 Å². The lowest BCUT2D eigenvalue weighted by Gasteiger charge is -2.26. The number of hydrogen-bond acceptors (Lipinski definition) is 2. The van der Waals surface area contributed by atoms with Crippen LogP contribution in [0.4, 0.5) is 0 Å². The minimum absolute atomic E-state index is 0.0347. The SMILES string of the molecule is CNC(=O)C1CC(C)(C)OC1(C)C. The van der Waals surface area contributed by atoms with Crippen LogP contribution in [0.1, 0.15) is 34.1 Å². The van der Waals surface area contributed by atoms with Gasteiger partial charge in [-0.3, -0.25) is 4.79 Å². The molecule has 0 saturated carbocycles. The summed E-state index contributed by atoms with van der Waals surface area (Å²) in [5.41, 5.74) is -0.524. The Labute approximate surface area is 79.8 Å². The number of nitrogens with one attached hydrogen (secondary N) is 1.